The van der Waals surface area contributed by atoms with E-state index in [0.29, 0.717) is 0 Å². The molecule has 0 heterocycles. The highest BCUT2D eigenvalue weighted by Crippen LogP contribution is 2.43. The van der Waals surface area contributed by atoms with Crippen LogP contribution in [-0.4, -0.2) is 0 Å². The van der Waals surface area contributed by atoms with Crippen molar-refractivity contribution in [2.45, 2.75) is 149 Å². The van der Waals surface area contributed by atoms with E-state index in [0.717, 1.165) is 23.7 Å². The predicted molar refractivity (Wildman–Crippen MR) is 122 cm³/mol. The van der Waals surface area contributed by atoms with Crippen LogP contribution in [-0.2, 0) is 0 Å². The van der Waals surface area contributed by atoms with Gasteiger partial charge in [-0.2, -0.15) is 0 Å². The summed E-state index contributed by atoms with van der Waals surface area (Å²) in [5.41, 5.74) is 0. The first-order valence-corrected chi connectivity index (χ1v) is 13.3. The molecule has 0 saturated heterocycles. The van der Waals surface area contributed by atoms with Crippen LogP contribution in [0.15, 0.2) is 0 Å². The summed E-state index contributed by atoms with van der Waals surface area (Å²) >= 11 is 0. The van der Waals surface area contributed by atoms with Gasteiger partial charge >= 0.3 is 0 Å². The summed E-state index contributed by atoms with van der Waals surface area (Å²) in [6, 6.07) is 0. The standard InChI is InChI=1S/C27H52/c1-3-5-7-9-10-11-13-15-25-18-22-27(23-19-25)26-20-16-24(17-21-26)14-12-8-6-4-2/h24-27H,3-23H2,1-2H3. The smallest absolute Gasteiger partial charge is 0.0386 e. The summed E-state index contributed by atoms with van der Waals surface area (Å²) in [4.78, 5) is 0. The maximum absolute atomic E-state index is 2.33. The van der Waals surface area contributed by atoms with E-state index in [9.17, 15) is 0 Å². The number of unbranched alkanes of at least 4 members (excludes halogenated alkanes) is 9. The van der Waals surface area contributed by atoms with E-state index in [2.05, 4.69) is 13.8 Å². The highest BCUT2D eigenvalue weighted by Gasteiger charge is 2.30. The van der Waals surface area contributed by atoms with Gasteiger partial charge in [-0.25, -0.2) is 0 Å². The summed E-state index contributed by atoms with van der Waals surface area (Å²) in [7, 11) is 0. The second kappa shape index (κ2) is 14.9. The molecule has 0 N–H and O–H groups in total. The lowest BCUT2D eigenvalue weighted by Crippen LogP contribution is -2.25. The van der Waals surface area contributed by atoms with Crippen molar-refractivity contribution in [1.29, 1.82) is 0 Å². The molecule has 2 aliphatic rings. The molecular formula is C27H52. The molecular weight excluding hydrogens is 324 g/mol. The second-order valence-corrected chi connectivity index (χ2v) is 10.3. The van der Waals surface area contributed by atoms with E-state index < -0.39 is 0 Å². The van der Waals surface area contributed by atoms with Gasteiger partial charge in [-0.3, -0.25) is 0 Å². The molecule has 0 aliphatic heterocycles. The lowest BCUT2D eigenvalue weighted by molar-refractivity contribution is 0.139. The summed E-state index contributed by atoms with van der Waals surface area (Å²) in [5, 5.41) is 0. The summed E-state index contributed by atoms with van der Waals surface area (Å²) in [6.07, 6.45) is 31.8. The van der Waals surface area contributed by atoms with Crippen LogP contribution < -0.4 is 0 Å². The molecule has 2 fully saturated rings. The van der Waals surface area contributed by atoms with Crippen LogP contribution in [0.25, 0.3) is 0 Å². The molecule has 0 aromatic carbocycles. The molecule has 0 bridgehead atoms. The SMILES string of the molecule is CCCCCCCCCC1CCC(C2CCC(CCCCCC)CC2)CC1. The van der Waals surface area contributed by atoms with Crippen molar-refractivity contribution in [2.24, 2.45) is 23.7 Å². The van der Waals surface area contributed by atoms with Crippen LogP contribution in [0.3, 0.4) is 0 Å². The maximum atomic E-state index is 2.33. The third-order valence-corrected chi connectivity index (χ3v) is 8.13. The van der Waals surface area contributed by atoms with Gasteiger partial charge in [0.2, 0.25) is 0 Å². The van der Waals surface area contributed by atoms with Gasteiger partial charge in [0.05, 0.1) is 0 Å². The van der Waals surface area contributed by atoms with Crippen LogP contribution in [0.1, 0.15) is 149 Å². The van der Waals surface area contributed by atoms with Gasteiger partial charge in [0.1, 0.15) is 0 Å². The first-order chi connectivity index (χ1) is 13.3. The van der Waals surface area contributed by atoms with Gasteiger partial charge in [0, 0.05) is 0 Å². The van der Waals surface area contributed by atoms with Gasteiger partial charge in [-0.1, -0.05) is 123 Å². The Morgan fingerprint density at radius 1 is 0.407 bits per heavy atom. The van der Waals surface area contributed by atoms with Crippen molar-refractivity contribution in [2.75, 3.05) is 0 Å². The quantitative estimate of drug-likeness (QED) is 0.265. The Bertz CT molecular complexity index is 317. The molecule has 2 aliphatic carbocycles. The average Bonchev–Trinajstić information content (AvgIpc) is 2.71. The molecule has 0 nitrogen and oxygen atoms in total. The first kappa shape index (κ1) is 23.3. The van der Waals surface area contributed by atoms with Crippen molar-refractivity contribution in [3.8, 4) is 0 Å². The summed E-state index contributed by atoms with van der Waals surface area (Å²) in [5.74, 6) is 4.39. The Labute approximate surface area is 172 Å². The zero-order valence-electron chi connectivity index (χ0n) is 19.2. The average molecular weight is 377 g/mol. The lowest BCUT2D eigenvalue weighted by atomic mass is 9.68. The number of hydrogen-bond acceptors (Lipinski definition) is 0. The monoisotopic (exact) mass is 376 g/mol. The van der Waals surface area contributed by atoms with E-state index in [-0.39, 0.29) is 0 Å². The van der Waals surface area contributed by atoms with Gasteiger partial charge in [0.15, 0.2) is 0 Å². The fraction of sp³-hybridized carbons (Fsp3) is 1.00. The Morgan fingerprint density at radius 3 is 1.15 bits per heavy atom. The fourth-order valence-electron chi connectivity index (χ4n) is 6.15. The van der Waals surface area contributed by atoms with E-state index >= 15 is 0 Å². The lowest BCUT2D eigenvalue weighted by Gasteiger charge is -2.38. The molecule has 0 spiro atoms. The minimum absolute atomic E-state index is 1.09. The van der Waals surface area contributed by atoms with Crippen LogP contribution >= 0.6 is 0 Å². The zero-order chi connectivity index (χ0) is 19.2. The molecule has 27 heavy (non-hydrogen) atoms. The highest BCUT2D eigenvalue weighted by molar-refractivity contribution is 4.82. The Morgan fingerprint density at radius 2 is 0.741 bits per heavy atom. The second-order valence-electron chi connectivity index (χ2n) is 10.3. The molecule has 0 atom stereocenters. The predicted octanol–water partition coefficient (Wildman–Crippen LogP) is 9.71. The highest BCUT2D eigenvalue weighted by atomic mass is 14.4. The molecule has 160 valence electrons. The van der Waals surface area contributed by atoms with Crippen molar-refractivity contribution >= 4 is 0 Å². The molecule has 2 rings (SSSR count). The van der Waals surface area contributed by atoms with Gasteiger partial charge < -0.3 is 0 Å². The molecule has 0 unspecified atom stereocenters. The molecule has 0 amide bonds. The van der Waals surface area contributed by atoms with E-state index in [1.807, 2.05) is 0 Å². The summed E-state index contributed by atoms with van der Waals surface area (Å²) < 4.78 is 0. The molecule has 0 heteroatoms. The zero-order valence-corrected chi connectivity index (χ0v) is 19.2. The molecule has 0 aromatic heterocycles. The third kappa shape index (κ3) is 9.85. The van der Waals surface area contributed by atoms with Gasteiger partial charge in [-0.15, -0.1) is 0 Å². The normalized spacial score (nSPS) is 29.1. The Hall–Kier alpha value is 0. The molecule has 0 aromatic rings. The first-order valence-electron chi connectivity index (χ1n) is 13.3. The van der Waals surface area contributed by atoms with Crippen molar-refractivity contribution in [3.63, 3.8) is 0 Å². The van der Waals surface area contributed by atoms with Crippen LogP contribution in [0.2, 0.25) is 0 Å². The van der Waals surface area contributed by atoms with E-state index in [1.54, 1.807) is 57.8 Å². The van der Waals surface area contributed by atoms with E-state index in [1.165, 1.54) is 77.0 Å². The Kier molecular flexibility index (Phi) is 12.9. The fourth-order valence-corrected chi connectivity index (χ4v) is 6.15. The van der Waals surface area contributed by atoms with Crippen LogP contribution in [0.4, 0.5) is 0 Å². The third-order valence-electron chi connectivity index (χ3n) is 8.13. The van der Waals surface area contributed by atoms with Crippen LogP contribution in [0, 0.1) is 23.7 Å². The number of hydrogen-bond donors (Lipinski definition) is 0. The van der Waals surface area contributed by atoms with Crippen molar-refractivity contribution in [1.82, 2.24) is 0 Å². The topological polar surface area (TPSA) is 0 Å². The van der Waals surface area contributed by atoms with Crippen LogP contribution in [0.5, 0.6) is 0 Å². The van der Waals surface area contributed by atoms with Crippen molar-refractivity contribution in [3.05, 3.63) is 0 Å². The minimum atomic E-state index is 1.09. The molecule has 2 saturated carbocycles. The largest absolute Gasteiger partial charge is 0.0654 e. The van der Waals surface area contributed by atoms with Gasteiger partial charge in [0.25, 0.3) is 0 Å². The maximum Gasteiger partial charge on any atom is -0.0386 e. The molecule has 0 radical (unpaired) electrons. The van der Waals surface area contributed by atoms with E-state index in [4.69, 9.17) is 0 Å². The Balaban J connectivity index is 1.47. The summed E-state index contributed by atoms with van der Waals surface area (Å²) in [6.45, 7) is 4.64. The number of rotatable bonds is 14. The minimum Gasteiger partial charge on any atom is -0.0654 e. The van der Waals surface area contributed by atoms with Gasteiger partial charge in [-0.05, 0) is 49.4 Å². The van der Waals surface area contributed by atoms with Crippen molar-refractivity contribution < 1.29 is 0 Å².